The Hall–Kier alpha value is -3.36. The number of rotatable bonds is 3. The van der Waals surface area contributed by atoms with E-state index in [0.717, 1.165) is 26.6 Å². The molecule has 0 aliphatic rings. The third kappa shape index (κ3) is 3.35. The van der Waals surface area contributed by atoms with E-state index < -0.39 is 0 Å². The molecule has 0 aliphatic carbocycles. The van der Waals surface area contributed by atoms with Crippen LogP contribution in [0.4, 0.5) is 5.69 Å². The SMILES string of the molecule is N#Cc1ccc2[nH]c(O)c(C(=Nc3ccc(Br)cc3)c3ccccc3)c2c1. The van der Waals surface area contributed by atoms with E-state index in [0.29, 0.717) is 16.8 Å². The van der Waals surface area contributed by atoms with Gasteiger partial charge in [-0.15, -0.1) is 0 Å². The summed E-state index contributed by atoms with van der Waals surface area (Å²) >= 11 is 3.43. The number of fused-ring (bicyclic) bond motifs is 1. The number of aromatic nitrogens is 1. The molecule has 3 aromatic carbocycles. The van der Waals surface area contributed by atoms with Gasteiger partial charge in [0, 0.05) is 20.9 Å². The van der Waals surface area contributed by atoms with Crippen molar-refractivity contribution in [2.24, 2.45) is 4.99 Å². The van der Waals surface area contributed by atoms with Gasteiger partial charge in [-0.05, 0) is 42.5 Å². The molecule has 130 valence electrons. The highest BCUT2D eigenvalue weighted by molar-refractivity contribution is 9.10. The van der Waals surface area contributed by atoms with Crippen LogP contribution in [0.3, 0.4) is 0 Å². The summed E-state index contributed by atoms with van der Waals surface area (Å²) in [7, 11) is 0. The fraction of sp³-hybridized carbons (Fsp3) is 0. The predicted octanol–water partition coefficient (Wildman–Crippen LogP) is 5.68. The first-order valence-electron chi connectivity index (χ1n) is 8.30. The number of nitrogens with zero attached hydrogens (tertiary/aromatic N) is 2. The number of benzene rings is 3. The summed E-state index contributed by atoms with van der Waals surface area (Å²) in [6, 6.07) is 24.8. The molecule has 4 aromatic rings. The van der Waals surface area contributed by atoms with Gasteiger partial charge in [-0.1, -0.05) is 46.3 Å². The van der Waals surface area contributed by atoms with Crippen LogP contribution < -0.4 is 0 Å². The van der Waals surface area contributed by atoms with E-state index in [4.69, 9.17) is 4.99 Å². The second-order valence-electron chi connectivity index (χ2n) is 6.02. The van der Waals surface area contributed by atoms with Crippen molar-refractivity contribution in [3.05, 3.63) is 94.0 Å². The lowest BCUT2D eigenvalue weighted by Crippen LogP contribution is -2.02. The molecule has 0 amide bonds. The quantitative estimate of drug-likeness (QED) is 0.422. The Balaban J connectivity index is 2.00. The van der Waals surface area contributed by atoms with E-state index in [2.05, 4.69) is 27.0 Å². The minimum Gasteiger partial charge on any atom is -0.494 e. The molecule has 0 aliphatic heterocycles. The molecule has 0 saturated carbocycles. The lowest BCUT2D eigenvalue weighted by atomic mass is 10.00. The molecule has 0 spiro atoms. The largest absolute Gasteiger partial charge is 0.494 e. The maximum atomic E-state index is 10.6. The third-order valence-electron chi connectivity index (χ3n) is 4.26. The molecular formula is C22H14BrN3O. The number of aromatic amines is 1. The van der Waals surface area contributed by atoms with Crippen molar-refractivity contribution in [2.45, 2.75) is 0 Å². The van der Waals surface area contributed by atoms with Crippen LogP contribution in [-0.4, -0.2) is 15.8 Å². The van der Waals surface area contributed by atoms with Gasteiger partial charge in [0.1, 0.15) is 0 Å². The van der Waals surface area contributed by atoms with E-state index in [9.17, 15) is 10.4 Å². The molecule has 27 heavy (non-hydrogen) atoms. The minimum absolute atomic E-state index is 0.0276. The molecule has 0 radical (unpaired) electrons. The van der Waals surface area contributed by atoms with Crippen LogP contribution in [0.2, 0.25) is 0 Å². The Morgan fingerprint density at radius 1 is 1.00 bits per heavy atom. The van der Waals surface area contributed by atoms with Gasteiger partial charge in [0.2, 0.25) is 0 Å². The molecule has 4 nitrogen and oxygen atoms in total. The number of hydrogen-bond donors (Lipinski definition) is 2. The van der Waals surface area contributed by atoms with Crippen LogP contribution in [0, 0.1) is 11.3 Å². The van der Waals surface area contributed by atoms with Crippen LogP contribution >= 0.6 is 15.9 Å². The highest BCUT2D eigenvalue weighted by Crippen LogP contribution is 2.32. The fourth-order valence-corrected chi connectivity index (χ4v) is 3.26. The lowest BCUT2D eigenvalue weighted by Gasteiger charge is -2.08. The first-order valence-corrected chi connectivity index (χ1v) is 9.10. The Morgan fingerprint density at radius 3 is 2.44 bits per heavy atom. The highest BCUT2D eigenvalue weighted by Gasteiger charge is 2.19. The van der Waals surface area contributed by atoms with Crippen molar-refractivity contribution >= 4 is 38.2 Å². The van der Waals surface area contributed by atoms with E-state index in [1.807, 2.05) is 54.6 Å². The molecule has 0 unspecified atom stereocenters. The topological polar surface area (TPSA) is 72.2 Å². The van der Waals surface area contributed by atoms with Crippen molar-refractivity contribution in [3.63, 3.8) is 0 Å². The van der Waals surface area contributed by atoms with Crippen LogP contribution in [0.25, 0.3) is 10.9 Å². The van der Waals surface area contributed by atoms with E-state index in [1.54, 1.807) is 18.2 Å². The van der Waals surface area contributed by atoms with Gasteiger partial charge in [0.05, 0.1) is 28.6 Å². The molecular weight excluding hydrogens is 402 g/mol. The minimum atomic E-state index is 0.0276. The zero-order chi connectivity index (χ0) is 18.8. The van der Waals surface area contributed by atoms with Gasteiger partial charge in [0.15, 0.2) is 5.88 Å². The summed E-state index contributed by atoms with van der Waals surface area (Å²) < 4.78 is 0.969. The van der Waals surface area contributed by atoms with Gasteiger partial charge in [-0.2, -0.15) is 5.26 Å². The number of halogens is 1. The van der Waals surface area contributed by atoms with Crippen molar-refractivity contribution in [2.75, 3.05) is 0 Å². The number of H-pyrrole nitrogens is 1. The summed E-state index contributed by atoms with van der Waals surface area (Å²) in [5, 5.41) is 20.6. The Kier molecular flexibility index (Phi) is 4.49. The van der Waals surface area contributed by atoms with Gasteiger partial charge in [-0.3, -0.25) is 0 Å². The number of aromatic hydroxyl groups is 1. The Morgan fingerprint density at radius 2 is 1.74 bits per heavy atom. The van der Waals surface area contributed by atoms with Crippen LogP contribution in [-0.2, 0) is 0 Å². The van der Waals surface area contributed by atoms with Crippen molar-refractivity contribution in [3.8, 4) is 11.9 Å². The summed E-state index contributed by atoms with van der Waals surface area (Å²) in [4.78, 5) is 7.79. The zero-order valence-corrected chi connectivity index (χ0v) is 15.7. The second-order valence-corrected chi connectivity index (χ2v) is 6.94. The van der Waals surface area contributed by atoms with Crippen molar-refractivity contribution in [1.29, 1.82) is 5.26 Å². The molecule has 2 N–H and O–H groups in total. The van der Waals surface area contributed by atoms with Gasteiger partial charge in [-0.25, -0.2) is 4.99 Å². The number of hydrogen-bond acceptors (Lipinski definition) is 3. The molecule has 0 fully saturated rings. The van der Waals surface area contributed by atoms with Crippen LogP contribution in [0.5, 0.6) is 5.88 Å². The first-order chi connectivity index (χ1) is 13.2. The average molecular weight is 416 g/mol. The lowest BCUT2D eigenvalue weighted by molar-refractivity contribution is 0.457. The molecule has 5 heteroatoms. The first kappa shape index (κ1) is 17.1. The molecule has 0 atom stereocenters. The normalized spacial score (nSPS) is 11.5. The zero-order valence-electron chi connectivity index (χ0n) is 14.1. The number of nitrogens with one attached hydrogen (secondary N) is 1. The summed E-state index contributed by atoms with van der Waals surface area (Å²) in [5.41, 5.74) is 4.13. The van der Waals surface area contributed by atoms with E-state index >= 15 is 0 Å². The number of nitriles is 1. The van der Waals surface area contributed by atoms with Crippen molar-refractivity contribution in [1.82, 2.24) is 4.98 Å². The Labute approximate surface area is 164 Å². The maximum absolute atomic E-state index is 10.6. The molecule has 4 rings (SSSR count). The summed E-state index contributed by atoms with van der Waals surface area (Å²) in [6.07, 6.45) is 0. The van der Waals surface area contributed by atoms with Gasteiger partial charge < -0.3 is 10.1 Å². The molecule has 0 saturated heterocycles. The Bertz CT molecular complexity index is 1190. The van der Waals surface area contributed by atoms with Gasteiger partial charge in [0.25, 0.3) is 0 Å². The van der Waals surface area contributed by atoms with Crippen molar-refractivity contribution < 1.29 is 5.11 Å². The van der Waals surface area contributed by atoms with Gasteiger partial charge >= 0.3 is 0 Å². The monoisotopic (exact) mass is 415 g/mol. The van der Waals surface area contributed by atoms with Crippen LogP contribution in [0.15, 0.2) is 82.3 Å². The standard InChI is InChI=1S/C22H14BrN3O/c23-16-7-9-17(10-8-16)25-21(15-4-2-1-3-5-15)20-18-12-14(13-24)6-11-19(18)26-22(20)27/h1-12,26-27H. The molecule has 1 heterocycles. The fourth-order valence-electron chi connectivity index (χ4n) is 2.99. The highest BCUT2D eigenvalue weighted by atomic mass is 79.9. The van der Waals surface area contributed by atoms with E-state index in [1.165, 1.54) is 0 Å². The molecule has 1 aromatic heterocycles. The molecule has 0 bridgehead atoms. The number of aliphatic imine (C=N–C) groups is 1. The third-order valence-corrected chi connectivity index (χ3v) is 4.79. The smallest absolute Gasteiger partial charge is 0.199 e. The van der Waals surface area contributed by atoms with Crippen LogP contribution in [0.1, 0.15) is 16.7 Å². The summed E-state index contributed by atoms with van der Waals surface area (Å²) in [5.74, 6) is 0.0276. The average Bonchev–Trinajstić information content (AvgIpc) is 3.03. The van der Waals surface area contributed by atoms with E-state index in [-0.39, 0.29) is 5.88 Å². The second kappa shape index (κ2) is 7.10. The maximum Gasteiger partial charge on any atom is 0.199 e. The summed E-state index contributed by atoms with van der Waals surface area (Å²) in [6.45, 7) is 0. The predicted molar refractivity (Wildman–Crippen MR) is 111 cm³/mol.